The normalized spacial score (nSPS) is 11.1. The van der Waals surface area contributed by atoms with Gasteiger partial charge in [-0.25, -0.2) is 5.43 Å². The van der Waals surface area contributed by atoms with E-state index in [1.165, 1.54) is 0 Å². The predicted octanol–water partition coefficient (Wildman–Crippen LogP) is 3.69. The molecule has 21 heavy (non-hydrogen) atoms. The largest absolute Gasteiger partial charge is 0.360 e. The lowest BCUT2D eigenvalue weighted by Gasteiger charge is -1.99. The Morgan fingerprint density at radius 3 is 2.76 bits per heavy atom. The number of halogens is 1. The third-order valence-corrected chi connectivity index (χ3v) is 3.83. The van der Waals surface area contributed by atoms with Crippen LogP contribution in [-0.4, -0.2) is 17.1 Å². The summed E-state index contributed by atoms with van der Waals surface area (Å²) in [5, 5.41) is 4.88. The number of rotatable bonds is 3. The van der Waals surface area contributed by atoms with E-state index in [9.17, 15) is 4.79 Å². The van der Waals surface area contributed by atoms with Crippen molar-refractivity contribution in [3.05, 3.63) is 70.3 Å². The van der Waals surface area contributed by atoms with Crippen LogP contribution < -0.4 is 5.43 Å². The maximum atomic E-state index is 12.1. The summed E-state index contributed by atoms with van der Waals surface area (Å²) in [6.45, 7) is 0. The molecule has 0 aliphatic heterocycles. The number of aromatic nitrogens is 1. The van der Waals surface area contributed by atoms with Gasteiger partial charge in [0.25, 0.3) is 5.91 Å². The highest BCUT2D eigenvalue weighted by molar-refractivity contribution is 9.10. The average Bonchev–Trinajstić information content (AvgIpc) is 2.93. The molecule has 0 aliphatic carbocycles. The molecule has 2 aromatic carbocycles. The zero-order valence-corrected chi connectivity index (χ0v) is 12.6. The van der Waals surface area contributed by atoms with E-state index in [1.54, 1.807) is 12.4 Å². The van der Waals surface area contributed by atoms with Crippen LogP contribution in [0.25, 0.3) is 10.9 Å². The second kappa shape index (κ2) is 5.93. The van der Waals surface area contributed by atoms with Crippen molar-refractivity contribution < 1.29 is 4.79 Å². The molecule has 0 bridgehead atoms. The number of carbonyl (C=O) groups is 1. The monoisotopic (exact) mass is 341 g/mol. The fraction of sp³-hybridized carbons (Fsp3) is 0. The predicted molar refractivity (Wildman–Crippen MR) is 87.5 cm³/mol. The van der Waals surface area contributed by atoms with Gasteiger partial charge in [0, 0.05) is 27.1 Å². The molecular weight excluding hydrogens is 330 g/mol. The molecule has 0 saturated carbocycles. The minimum atomic E-state index is -0.240. The number of amides is 1. The van der Waals surface area contributed by atoms with E-state index in [0.717, 1.165) is 20.9 Å². The van der Waals surface area contributed by atoms with E-state index >= 15 is 0 Å². The first kappa shape index (κ1) is 13.6. The Morgan fingerprint density at radius 1 is 1.14 bits per heavy atom. The molecular formula is C16H12BrN3O. The van der Waals surface area contributed by atoms with Crippen molar-refractivity contribution in [3.8, 4) is 0 Å². The average molecular weight is 342 g/mol. The first-order valence-electron chi connectivity index (χ1n) is 6.40. The highest BCUT2D eigenvalue weighted by Crippen LogP contribution is 2.17. The molecule has 1 aromatic heterocycles. The summed E-state index contributed by atoms with van der Waals surface area (Å²) in [5.74, 6) is -0.240. The van der Waals surface area contributed by atoms with Crippen LogP contribution in [0.1, 0.15) is 15.9 Å². The van der Waals surface area contributed by atoms with Gasteiger partial charge in [-0.15, -0.1) is 0 Å². The first-order valence-corrected chi connectivity index (χ1v) is 7.19. The Bertz CT molecular complexity index is 823. The van der Waals surface area contributed by atoms with Gasteiger partial charge in [0.2, 0.25) is 0 Å². The quantitative estimate of drug-likeness (QED) is 0.553. The zero-order valence-electron chi connectivity index (χ0n) is 11.0. The van der Waals surface area contributed by atoms with Gasteiger partial charge < -0.3 is 4.98 Å². The molecule has 0 spiro atoms. The van der Waals surface area contributed by atoms with E-state index in [4.69, 9.17) is 0 Å². The van der Waals surface area contributed by atoms with Gasteiger partial charge in [0.05, 0.1) is 11.8 Å². The maximum Gasteiger partial charge on any atom is 0.273 e. The second-order valence-corrected chi connectivity index (χ2v) is 5.32. The second-order valence-electron chi connectivity index (χ2n) is 4.47. The Hall–Kier alpha value is -2.40. The number of hydrogen-bond acceptors (Lipinski definition) is 2. The Morgan fingerprint density at radius 2 is 1.90 bits per heavy atom. The number of para-hydroxylation sites is 1. The number of aromatic amines is 1. The minimum absolute atomic E-state index is 0.240. The van der Waals surface area contributed by atoms with Gasteiger partial charge >= 0.3 is 0 Å². The third kappa shape index (κ3) is 2.87. The summed E-state index contributed by atoms with van der Waals surface area (Å²) >= 11 is 3.43. The number of hydrazone groups is 1. The zero-order chi connectivity index (χ0) is 14.7. The third-order valence-electron chi connectivity index (χ3n) is 3.11. The van der Waals surface area contributed by atoms with Gasteiger partial charge in [0.1, 0.15) is 0 Å². The number of nitrogens with zero attached hydrogens (tertiary/aromatic N) is 1. The van der Waals surface area contributed by atoms with E-state index in [0.29, 0.717) is 5.56 Å². The van der Waals surface area contributed by atoms with E-state index < -0.39 is 0 Å². The topological polar surface area (TPSA) is 57.2 Å². The lowest BCUT2D eigenvalue weighted by molar-refractivity contribution is 0.0957. The van der Waals surface area contributed by atoms with Crippen molar-refractivity contribution in [3.63, 3.8) is 0 Å². The number of fused-ring (bicyclic) bond motifs is 1. The van der Waals surface area contributed by atoms with Crippen molar-refractivity contribution in [1.29, 1.82) is 0 Å². The maximum absolute atomic E-state index is 12.1. The Labute approximate surface area is 130 Å². The number of nitrogens with one attached hydrogen (secondary N) is 2. The Kier molecular flexibility index (Phi) is 3.83. The summed E-state index contributed by atoms with van der Waals surface area (Å²) in [6.07, 6.45) is 3.30. The summed E-state index contributed by atoms with van der Waals surface area (Å²) in [5.41, 5.74) is 4.95. The van der Waals surface area contributed by atoms with E-state index in [-0.39, 0.29) is 5.91 Å². The molecule has 2 N–H and O–H groups in total. The first-order chi connectivity index (χ1) is 10.3. The van der Waals surface area contributed by atoms with Crippen LogP contribution in [0.4, 0.5) is 0 Å². The lowest BCUT2D eigenvalue weighted by atomic mass is 10.2. The molecule has 0 radical (unpaired) electrons. The van der Waals surface area contributed by atoms with Crippen molar-refractivity contribution in [2.45, 2.75) is 0 Å². The van der Waals surface area contributed by atoms with Crippen LogP contribution in [0.5, 0.6) is 0 Å². The fourth-order valence-corrected chi connectivity index (χ4v) is 2.45. The molecule has 104 valence electrons. The molecule has 5 heteroatoms. The lowest BCUT2D eigenvalue weighted by Crippen LogP contribution is -2.17. The molecule has 0 saturated heterocycles. The van der Waals surface area contributed by atoms with Crippen LogP contribution in [0.15, 0.2) is 64.3 Å². The highest BCUT2D eigenvalue weighted by Gasteiger charge is 2.10. The molecule has 4 nitrogen and oxygen atoms in total. The summed E-state index contributed by atoms with van der Waals surface area (Å²) in [7, 11) is 0. The van der Waals surface area contributed by atoms with E-state index in [2.05, 4.69) is 31.4 Å². The van der Waals surface area contributed by atoms with Crippen molar-refractivity contribution in [2.75, 3.05) is 0 Å². The van der Waals surface area contributed by atoms with Gasteiger partial charge in [-0.3, -0.25) is 4.79 Å². The van der Waals surface area contributed by atoms with Crippen LogP contribution in [0.2, 0.25) is 0 Å². The number of carbonyl (C=O) groups excluding carboxylic acids is 1. The molecule has 0 fully saturated rings. The van der Waals surface area contributed by atoms with Gasteiger partial charge in [-0.1, -0.05) is 52.3 Å². The molecule has 3 aromatic rings. The van der Waals surface area contributed by atoms with Crippen LogP contribution in [-0.2, 0) is 0 Å². The highest BCUT2D eigenvalue weighted by atomic mass is 79.9. The van der Waals surface area contributed by atoms with E-state index in [1.807, 2.05) is 48.5 Å². The van der Waals surface area contributed by atoms with Gasteiger partial charge in [0.15, 0.2) is 0 Å². The smallest absolute Gasteiger partial charge is 0.273 e. The Balaban J connectivity index is 1.77. The van der Waals surface area contributed by atoms with Crippen molar-refractivity contribution in [2.24, 2.45) is 5.10 Å². The fourth-order valence-electron chi connectivity index (χ4n) is 2.06. The molecule has 1 amide bonds. The number of hydrogen-bond donors (Lipinski definition) is 2. The van der Waals surface area contributed by atoms with Gasteiger partial charge in [-0.05, 0) is 12.1 Å². The van der Waals surface area contributed by atoms with Gasteiger partial charge in [-0.2, -0.15) is 5.10 Å². The molecule has 0 aliphatic rings. The van der Waals surface area contributed by atoms with Crippen molar-refractivity contribution >= 4 is 39.0 Å². The summed E-state index contributed by atoms with van der Waals surface area (Å²) < 4.78 is 0.926. The summed E-state index contributed by atoms with van der Waals surface area (Å²) in [6, 6.07) is 15.3. The number of benzene rings is 2. The molecule has 0 unspecified atom stereocenters. The van der Waals surface area contributed by atoms with Crippen LogP contribution in [0.3, 0.4) is 0 Å². The van der Waals surface area contributed by atoms with Crippen LogP contribution >= 0.6 is 15.9 Å². The number of H-pyrrole nitrogens is 1. The standard InChI is InChI=1S/C16H12BrN3O/c17-14-7-3-1-5-11(14)9-19-20-16(21)13-10-18-15-8-4-2-6-12(13)15/h1-10,18H,(H,20,21). The van der Waals surface area contributed by atoms with Crippen molar-refractivity contribution in [1.82, 2.24) is 10.4 Å². The molecule has 0 atom stereocenters. The minimum Gasteiger partial charge on any atom is -0.360 e. The molecule has 1 heterocycles. The van der Waals surface area contributed by atoms with Crippen LogP contribution in [0, 0.1) is 0 Å². The molecule has 3 rings (SSSR count). The SMILES string of the molecule is O=C(NN=Cc1ccccc1Br)c1c[nH]c2ccccc12. The summed E-state index contributed by atoms with van der Waals surface area (Å²) in [4.78, 5) is 15.2.